The fourth-order valence-corrected chi connectivity index (χ4v) is 8.45. The van der Waals surface area contributed by atoms with E-state index in [9.17, 15) is 14.4 Å². The molecule has 0 bridgehead atoms. The van der Waals surface area contributed by atoms with Crippen LogP contribution in [0.1, 0.15) is 86.0 Å². The largest absolute Gasteiger partial charge is 0.458 e. The minimum Gasteiger partial charge on any atom is -0.458 e. The summed E-state index contributed by atoms with van der Waals surface area (Å²) in [5.41, 5.74) is 0.198. The number of fused-ring (bicyclic) bond motifs is 5. The lowest BCUT2D eigenvalue weighted by Crippen LogP contribution is -2.65. The quantitative estimate of drug-likeness (QED) is 0.621. The third-order valence-electron chi connectivity index (χ3n) is 9.81. The van der Waals surface area contributed by atoms with Crippen LogP contribution in [0.4, 0.5) is 0 Å². The van der Waals surface area contributed by atoms with Gasteiger partial charge in [-0.2, -0.15) is 0 Å². The number of Topliss-reactive ketones (excluding diaryl/α,β-unsaturated/α-hetero) is 1. The third kappa shape index (κ3) is 3.22. The van der Waals surface area contributed by atoms with Gasteiger partial charge in [0, 0.05) is 38.5 Å². The first kappa shape index (κ1) is 21.8. The second-order valence-electron chi connectivity index (χ2n) is 11.0. The topological polar surface area (TPSA) is 69.7 Å². The second-order valence-corrected chi connectivity index (χ2v) is 11.0. The van der Waals surface area contributed by atoms with E-state index in [1.807, 2.05) is 0 Å². The lowest BCUT2D eigenvalue weighted by Gasteiger charge is -2.63. The Labute approximate surface area is 180 Å². The summed E-state index contributed by atoms with van der Waals surface area (Å²) in [4.78, 5) is 36.7. The smallest absolute Gasteiger partial charge is 0.303 e. The molecule has 4 fully saturated rings. The minimum absolute atomic E-state index is 0.0546. The maximum absolute atomic E-state index is 12.4. The number of ether oxygens (including phenoxy) is 2. The van der Waals surface area contributed by atoms with E-state index in [0.29, 0.717) is 30.6 Å². The van der Waals surface area contributed by atoms with Gasteiger partial charge < -0.3 is 9.47 Å². The predicted molar refractivity (Wildman–Crippen MR) is 112 cm³/mol. The highest BCUT2D eigenvalue weighted by Gasteiger charge is 2.66. The molecular weight excluding hydrogens is 380 g/mol. The Morgan fingerprint density at radius 3 is 2.17 bits per heavy atom. The molecule has 0 aromatic rings. The van der Waals surface area contributed by atoms with E-state index < -0.39 is 12.2 Å². The van der Waals surface area contributed by atoms with E-state index >= 15 is 0 Å². The average molecular weight is 419 g/mol. The maximum atomic E-state index is 12.4. The average Bonchev–Trinajstić information content (AvgIpc) is 3.01. The molecule has 4 aliphatic carbocycles. The summed E-state index contributed by atoms with van der Waals surface area (Å²) in [6, 6.07) is 0. The zero-order valence-corrected chi connectivity index (χ0v) is 19.2. The molecule has 4 unspecified atom stereocenters. The van der Waals surface area contributed by atoms with Crippen LogP contribution >= 0.6 is 0 Å². The molecule has 0 saturated heterocycles. The Hall–Kier alpha value is -1.39. The first-order valence-electron chi connectivity index (χ1n) is 12.0. The first-order valence-corrected chi connectivity index (χ1v) is 12.0. The minimum atomic E-state index is -0.523. The Kier molecular flexibility index (Phi) is 5.55. The van der Waals surface area contributed by atoms with Crippen molar-refractivity contribution < 1.29 is 23.9 Å². The van der Waals surface area contributed by atoms with Crippen molar-refractivity contribution in [3.63, 3.8) is 0 Å². The molecule has 0 amide bonds. The molecule has 4 aliphatic rings. The molecule has 168 valence electrons. The Bertz CT molecular complexity index is 731. The Morgan fingerprint density at radius 2 is 1.53 bits per heavy atom. The third-order valence-corrected chi connectivity index (χ3v) is 9.81. The van der Waals surface area contributed by atoms with Crippen molar-refractivity contribution >= 4 is 17.7 Å². The van der Waals surface area contributed by atoms with Crippen LogP contribution in [0.15, 0.2) is 0 Å². The summed E-state index contributed by atoms with van der Waals surface area (Å²) in [7, 11) is 0. The van der Waals surface area contributed by atoms with Gasteiger partial charge in [-0.15, -0.1) is 0 Å². The van der Waals surface area contributed by atoms with Crippen molar-refractivity contribution in [2.24, 2.45) is 40.4 Å². The van der Waals surface area contributed by atoms with Gasteiger partial charge in [0.1, 0.15) is 18.0 Å². The van der Waals surface area contributed by atoms with Crippen LogP contribution in [-0.2, 0) is 23.9 Å². The highest BCUT2D eigenvalue weighted by atomic mass is 16.6. The summed E-state index contributed by atoms with van der Waals surface area (Å²) in [5.74, 6) is 1.27. The molecule has 0 spiro atoms. The van der Waals surface area contributed by atoms with Crippen LogP contribution in [0, 0.1) is 40.4 Å². The molecule has 0 aromatic carbocycles. The van der Waals surface area contributed by atoms with E-state index in [1.165, 1.54) is 33.1 Å². The fraction of sp³-hybridized carbons (Fsp3) is 0.880. The van der Waals surface area contributed by atoms with Gasteiger partial charge in [-0.1, -0.05) is 27.2 Å². The summed E-state index contributed by atoms with van der Waals surface area (Å²) in [6.45, 7) is 9.93. The van der Waals surface area contributed by atoms with Gasteiger partial charge in [0.05, 0.1) is 0 Å². The van der Waals surface area contributed by atoms with Crippen molar-refractivity contribution in [3.8, 4) is 0 Å². The van der Waals surface area contributed by atoms with Crippen molar-refractivity contribution in [1.82, 2.24) is 0 Å². The van der Waals surface area contributed by atoms with Crippen LogP contribution in [0.25, 0.3) is 0 Å². The molecule has 0 radical (unpaired) electrons. The Balaban J connectivity index is 1.81. The summed E-state index contributed by atoms with van der Waals surface area (Å²) < 4.78 is 11.9. The van der Waals surface area contributed by atoms with Crippen LogP contribution in [0.5, 0.6) is 0 Å². The van der Waals surface area contributed by atoms with Gasteiger partial charge >= 0.3 is 11.9 Å². The molecular formula is C25H38O5. The van der Waals surface area contributed by atoms with E-state index in [4.69, 9.17) is 9.47 Å². The van der Waals surface area contributed by atoms with E-state index in [2.05, 4.69) is 20.8 Å². The van der Waals surface area contributed by atoms with E-state index in [0.717, 1.165) is 19.3 Å². The van der Waals surface area contributed by atoms with E-state index in [1.54, 1.807) is 0 Å². The lowest BCUT2D eigenvalue weighted by atomic mass is 9.43. The highest BCUT2D eigenvalue weighted by molar-refractivity contribution is 5.80. The molecule has 4 rings (SSSR count). The molecule has 4 saturated carbocycles. The summed E-state index contributed by atoms with van der Waals surface area (Å²) in [5, 5.41) is 0. The SMILES string of the molecule is CC[C@H]1CCC2C3C(CC[C@@]21C)[C@@]1(C)CCC(=O)CC1[C@@H](OC(C)=O)[C@@H]3OC(C)=O. The number of esters is 2. The zero-order valence-electron chi connectivity index (χ0n) is 19.2. The monoisotopic (exact) mass is 418 g/mol. The van der Waals surface area contributed by atoms with E-state index in [-0.39, 0.29) is 40.4 Å². The van der Waals surface area contributed by atoms with Gasteiger partial charge in [0.15, 0.2) is 0 Å². The number of hydrogen-bond acceptors (Lipinski definition) is 5. The van der Waals surface area contributed by atoms with Gasteiger partial charge in [0.2, 0.25) is 0 Å². The molecule has 0 N–H and O–H groups in total. The second kappa shape index (κ2) is 7.63. The number of ketones is 1. The maximum Gasteiger partial charge on any atom is 0.303 e. The lowest BCUT2D eigenvalue weighted by molar-refractivity contribution is -0.233. The first-order chi connectivity index (χ1) is 14.1. The summed E-state index contributed by atoms with van der Waals surface area (Å²) >= 11 is 0. The fourth-order valence-electron chi connectivity index (χ4n) is 8.45. The molecule has 9 atom stereocenters. The standard InChI is InChI=1S/C25H38O5/c1-6-16-7-8-18-21-19(10-12-24(16,18)4)25(5)11-9-17(28)13-20(25)22(29-14(2)26)23(21)30-15(3)27/h16,18-23H,6-13H2,1-5H3/t16-,18?,19?,20?,21?,22+,23+,24+,25+/m0/s1. The normalized spacial score (nSPS) is 47.6. The number of carbonyl (C=O) groups excluding carboxylic acids is 3. The van der Waals surface area contributed by atoms with Gasteiger partial charge in [-0.3, -0.25) is 14.4 Å². The van der Waals surface area contributed by atoms with Gasteiger partial charge in [-0.25, -0.2) is 0 Å². The zero-order chi connectivity index (χ0) is 21.8. The summed E-state index contributed by atoms with van der Waals surface area (Å²) in [6.07, 6.45) is 6.80. The van der Waals surface area contributed by atoms with Crippen molar-refractivity contribution in [3.05, 3.63) is 0 Å². The number of rotatable bonds is 3. The number of hydrogen-bond donors (Lipinski definition) is 0. The molecule has 0 heterocycles. The van der Waals surface area contributed by atoms with Crippen molar-refractivity contribution in [2.75, 3.05) is 0 Å². The van der Waals surface area contributed by atoms with Crippen LogP contribution in [-0.4, -0.2) is 29.9 Å². The van der Waals surface area contributed by atoms with Crippen LogP contribution < -0.4 is 0 Å². The van der Waals surface area contributed by atoms with Gasteiger partial charge in [-0.05, 0) is 60.7 Å². The highest BCUT2D eigenvalue weighted by Crippen LogP contribution is 2.68. The predicted octanol–water partition coefficient (Wildman–Crippen LogP) is 4.71. The Morgan fingerprint density at radius 1 is 0.900 bits per heavy atom. The van der Waals surface area contributed by atoms with Crippen LogP contribution in [0.3, 0.4) is 0 Å². The molecule has 0 aromatic heterocycles. The molecule has 0 aliphatic heterocycles. The number of carbonyl (C=O) groups is 3. The van der Waals surface area contributed by atoms with Crippen molar-refractivity contribution in [1.29, 1.82) is 0 Å². The molecule has 5 nitrogen and oxygen atoms in total. The van der Waals surface area contributed by atoms with Crippen molar-refractivity contribution in [2.45, 2.75) is 98.2 Å². The van der Waals surface area contributed by atoms with Crippen LogP contribution in [0.2, 0.25) is 0 Å². The molecule has 30 heavy (non-hydrogen) atoms. The molecule has 5 heteroatoms. The van der Waals surface area contributed by atoms with Gasteiger partial charge in [0.25, 0.3) is 0 Å².